The largest absolute Gasteiger partial charge is 0.394 e. The number of ether oxygens (including phenoxy) is 2. The lowest BCUT2D eigenvalue weighted by Crippen LogP contribution is -2.01. The van der Waals surface area contributed by atoms with Crippen LogP contribution in [0.3, 0.4) is 0 Å². The third kappa shape index (κ3) is 3.59. The van der Waals surface area contributed by atoms with Crippen molar-refractivity contribution in [1.29, 1.82) is 0 Å². The third-order valence-corrected chi connectivity index (χ3v) is 2.76. The second kappa shape index (κ2) is 5.99. The Kier molecular flexibility index (Phi) is 4.34. The highest BCUT2D eigenvalue weighted by molar-refractivity contribution is 5.13. The fourth-order valence-electron chi connectivity index (χ4n) is 1.74. The Morgan fingerprint density at radius 1 is 1.19 bits per heavy atom. The van der Waals surface area contributed by atoms with Gasteiger partial charge in [0.05, 0.1) is 19.3 Å². The van der Waals surface area contributed by atoms with Crippen molar-refractivity contribution in [1.82, 2.24) is 0 Å². The zero-order chi connectivity index (χ0) is 11.2. The SMILES string of the molecule is OC[C@H]1O[C@H]1CCCOCc1ccccc1. The molecule has 1 aliphatic heterocycles. The average Bonchev–Trinajstić information content (AvgIpc) is 3.09. The van der Waals surface area contributed by atoms with E-state index in [1.807, 2.05) is 18.2 Å². The standard InChI is InChI=1S/C13H18O3/c14-9-13-12(16-13)7-4-8-15-10-11-5-2-1-3-6-11/h1-3,5-6,12-14H,4,7-10H2/t12-,13+/m0/s1. The summed E-state index contributed by atoms with van der Waals surface area (Å²) in [4.78, 5) is 0. The zero-order valence-electron chi connectivity index (χ0n) is 9.34. The summed E-state index contributed by atoms with van der Waals surface area (Å²) < 4.78 is 10.8. The molecule has 0 amide bonds. The predicted octanol–water partition coefficient (Wildman–Crippen LogP) is 1.74. The lowest BCUT2D eigenvalue weighted by molar-refractivity contribution is 0.115. The van der Waals surface area contributed by atoms with E-state index in [1.54, 1.807) is 0 Å². The molecule has 0 spiro atoms. The number of benzene rings is 1. The van der Waals surface area contributed by atoms with Crippen LogP contribution in [0.5, 0.6) is 0 Å². The first-order valence-corrected chi connectivity index (χ1v) is 5.78. The van der Waals surface area contributed by atoms with Crippen LogP contribution in [0.15, 0.2) is 30.3 Å². The molecule has 1 fully saturated rings. The molecule has 1 saturated heterocycles. The van der Waals surface area contributed by atoms with Gasteiger partial charge in [-0.15, -0.1) is 0 Å². The molecule has 2 rings (SSSR count). The number of aliphatic hydroxyl groups excluding tert-OH is 1. The van der Waals surface area contributed by atoms with Gasteiger partial charge in [-0.3, -0.25) is 0 Å². The van der Waals surface area contributed by atoms with Gasteiger partial charge in [-0.2, -0.15) is 0 Å². The minimum Gasteiger partial charge on any atom is -0.394 e. The highest BCUT2D eigenvalue weighted by atomic mass is 16.6. The van der Waals surface area contributed by atoms with Crippen molar-refractivity contribution in [3.63, 3.8) is 0 Å². The smallest absolute Gasteiger partial charge is 0.107 e. The minimum absolute atomic E-state index is 0.0918. The van der Waals surface area contributed by atoms with Gasteiger partial charge in [-0.1, -0.05) is 30.3 Å². The van der Waals surface area contributed by atoms with E-state index in [1.165, 1.54) is 5.56 Å². The molecule has 3 nitrogen and oxygen atoms in total. The van der Waals surface area contributed by atoms with Crippen molar-refractivity contribution in [2.45, 2.75) is 31.7 Å². The molecule has 1 heterocycles. The van der Waals surface area contributed by atoms with E-state index < -0.39 is 0 Å². The zero-order valence-corrected chi connectivity index (χ0v) is 9.34. The van der Waals surface area contributed by atoms with Crippen LogP contribution in [0.1, 0.15) is 18.4 Å². The molecular weight excluding hydrogens is 204 g/mol. The summed E-state index contributed by atoms with van der Waals surface area (Å²) in [6, 6.07) is 10.2. The van der Waals surface area contributed by atoms with Crippen molar-refractivity contribution < 1.29 is 14.6 Å². The fraction of sp³-hybridized carbons (Fsp3) is 0.538. The molecule has 0 radical (unpaired) electrons. The minimum atomic E-state index is 0.0918. The summed E-state index contributed by atoms with van der Waals surface area (Å²) in [5, 5.41) is 8.77. The first-order chi connectivity index (χ1) is 7.90. The van der Waals surface area contributed by atoms with Gasteiger partial charge in [0.1, 0.15) is 6.10 Å². The maximum atomic E-state index is 8.77. The molecule has 2 atom stereocenters. The topological polar surface area (TPSA) is 42.0 Å². The van der Waals surface area contributed by atoms with Crippen LogP contribution in [0.4, 0.5) is 0 Å². The van der Waals surface area contributed by atoms with E-state index in [9.17, 15) is 0 Å². The van der Waals surface area contributed by atoms with E-state index in [4.69, 9.17) is 14.6 Å². The van der Waals surface area contributed by atoms with Crippen LogP contribution < -0.4 is 0 Å². The molecule has 16 heavy (non-hydrogen) atoms. The summed E-state index contributed by atoms with van der Waals surface area (Å²) in [7, 11) is 0. The van der Waals surface area contributed by atoms with Crippen LogP contribution in [0.25, 0.3) is 0 Å². The van der Waals surface area contributed by atoms with Crippen molar-refractivity contribution in [2.24, 2.45) is 0 Å². The van der Waals surface area contributed by atoms with Gasteiger partial charge in [0.25, 0.3) is 0 Å². The molecule has 1 aliphatic rings. The van der Waals surface area contributed by atoms with E-state index >= 15 is 0 Å². The third-order valence-electron chi connectivity index (χ3n) is 2.76. The average molecular weight is 222 g/mol. The van der Waals surface area contributed by atoms with Gasteiger partial charge in [0.15, 0.2) is 0 Å². The van der Waals surface area contributed by atoms with Crippen LogP contribution in [-0.2, 0) is 16.1 Å². The number of rotatable bonds is 7. The van der Waals surface area contributed by atoms with Crippen molar-refractivity contribution in [3.8, 4) is 0 Å². The molecule has 1 aromatic carbocycles. The molecule has 0 saturated carbocycles. The van der Waals surface area contributed by atoms with Gasteiger partial charge in [0.2, 0.25) is 0 Å². The maximum Gasteiger partial charge on any atom is 0.107 e. The van der Waals surface area contributed by atoms with Crippen molar-refractivity contribution >= 4 is 0 Å². The summed E-state index contributed by atoms with van der Waals surface area (Å²) in [5.41, 5.74) is 1.21. The Bertz CT molecular complexity index is 299. The quantitative estimate of drug-likeness (QED) is 0.564. The van der Waals surface area contributed by atoms with E-state index in [0.717, 1.165) is 19.4 Å². The van der Waals surface area contributed by atoms with Gasteiger partial charge in [-0.25, -0.2) is 0 Å². The Morgan fingerprint density at radius 3 is 2.69 bits per heavy atom. The van der Waals surface area contributed by atoms with Crippen LogP contribution >= 0.6 is 0 Å². The summed E-state index contributed by atoms with van der Waals surface area (Å²) in [5.74, 6) is 0. The number of hydrogen-bond donors (Lipinski definition) is 1. The molecular formula is C13H18O3. The molecule has 0 aromatic heterocycles. The summed E-state index contributed by atoms with van der Waals surface area (Å²) >= 11 is 0. The second-order valence-electron chi connectivity index (χ2n) is 4.08. The molecule has 0 unspecified atom stereocenters. The number of hydrogen-bond acceptors (Lipinski definition) is 3. The monoisotopic (exact) mass is 222 g/mol. The molecule has 1 aromatic rings. The summed E-state index contributed by atoms with van der Waals surface area (Å²) in [6.07, 6.45) is 2.34. The number of aliphatic hydroxyl groups is 1. The molecule has 88 valence electrons. The predicted molar refractivity (Wildman–Crippen MR) is 61.1 cm³/mol. The highest BCUT2D eigenvalue weighted by Gasteiger charge is 2.36. The van der Waals surface area contributed by atoms with Gasteiger partial charge in [0, 0.05) is 6.61 Å². The maximum absolute atomic E-state index is 8.77. The first kappa shape index (κ1) is 11.6. The Balaban J connectivity index is 1.50. The molecule has 3 heteroatoms. The highest BCUT2D eigenvalue weighted by Crippen LogP contribution is 2.25. The lowest BCUT2D eigenvalue weighted by Gasteiger charge is -2.03. The Hall–Kier alpha value is -0.900. The van der Waals surface area contributed by atoms with Gasteiger partial charge in [-0.05, 0) is 18.4 Å². The van der Waals surface area contributed by atoms with E-state index in [-0.39, 0.29) is 18.8 Å². The van der Waals surface area contributed by atoms with Crippen molar-refractivity contribution in [3.05, 3.63) is 35.9 Å². The normalized spacial score (nSPS) is 23.3. The van der Waals surface area contributed by atoms with Crippen LogP contribution in [0.2, 0.25) is 0 Å². The fourth-order valence-corrected chi connectivity index (χ4v) is 1.74. The van der Waals surface area contributed by atoms with Crippen LogP contribution in [-0.4, -0.2) is 30.5 Å². The van der Waals surface area contributed by atoms with Crippen LogP contribution in [0, 0.1) is 0 Å². The molecule has 0 bridgehead atoms. The van der Waals surface area contributed by atoms with Gasteiger partial charge < -0.3 is 14.6 Å². The first-order valence-electron chi connectivity index (χ1n) is 5.78. The van der Waals surface area contributed by atoms with E-state index in [2.05, 4.69) is 12.1 Å². The molecule has 1 N–H and O–H groups in total. The second-order valence-corrected chi connectivity index (χ2v) is 4.08. The van der Waals surface area contributed by atoms with E-state index in [0.29, 0.717) is 6.61 Å². The Labute approximate surface area is 96.0 Å². The van der Waals surface area contributed by atoms with Crippen molar-refractivity contribution in [2.75, 3.05) is 13.2 Å². The Morgan fingerprint density at radius 2 is 2.00 bits per heavy atom. The summed E-state index contributed by atoms with van der Waals surface area (Å²) in [6.45, 7) is 1.58. The number of epoxide rings is 1. The molecule has 0 aliphatic carbocycles. The van der Waals surface area contributed by atoms with Gasteiger partial charge >= 0.3 is 0 Å². The lowest BCUT2D eigenvalue weighted by atomic mass is 10.2.